The number of carbonyl (C=O) groups is 1. The molecular weight excluding hydrogens is 316 g/mol. The Morgan fingerprint density at radius 1 is 1.24 bits per heavy atom. The van der Waals surface area contributed by atoms with Crippen molar-refractivity contribution in [1.29, 1.82) is 0 Å². The molecule has 0 spiro atoms. The van der Waals surface area contributed by atoms with Crippen molar-refractivity contribution in [1.82, 2.24) is 14.9 Å². The largest absolute Gasteiger partial charge is 0.444 e. The highest BCUT2D eigenvalue weighted by molar-refractivity contribution is 5.69. The minimum atomic E-state index is -0.471. The topological polar surface area (TPSA) is 58.6 Å². The number of rotatable bonds is 1. The van der Waals surface area contributed by atoms with Gasteiger partial charge in [-0.15, -0.1) is 0 Å². The van der Waals surface area contributed by atoms with Gasteiger partial charge in [-0.05, 0) is 60.5 Å². The number of aryl methyl sites for hydroxylation is 2. The normalized spacial score (nSPS) is 26.6. The van der Waals surface area contributed by atoms with E-state index in [0.717, 1.165) is 36.7 Å². The maximum absolute atomic E-state index is 12.6. The van der Waals surface area contributed by atoms with Crippen LogP contribution in [0, 0.1) is 19.8 Å². The monoisotopic (exact) mass is 346 g/mol. The molecule has 0 unspecified atom stereocenters. The number of carbonyl (C=O) groups excluding carboxylic acids is 1. The SMILES string of the molecule is Cc1cc(C)nc(N2CCC[C@@H]3[C@@H](C)N(C(=O)OC(C)(C)C)C[C@@H]32)n1. The van der Waals surface area contributed by atoms with Gasteiger partial charge in [-0.25, -0.2) is 14.8 Å². The maximum atomic E-state index is 12.6. The first-order chi connectivity index (χ1) is 11.7. The highest BCUT2D eigenvalue weighted by atomic mass is 16.6. The lowest BCUT2D eigenvalue weighted by Gasteiger charge is -2.37. The summed E-state index contributed by atoms with van der Waals surface area (Å²) in [6.07, 6.45) is 2.02. The second kappa shape index (κ2) is 6.46. The molecule has 2 fully saturated rings. The molecule has 1 amide bonds. The molecule has 0 aliphatic carbocycles. The number of amides is 1. The molecule has 0 N–H and O–H groups in total. The van der Waals surface area contributed by atoms with Gasteiger partial charge in [-0.3, -0.25) is 0 Å². The standard InChI is InChI=1S/C19H30N4O2/c1-12-10-13(2)21-17(20-12)22-9-7-8-15-14(3)23(11-16(15)22)18(24)25-19(4,5)6/h10,14-16H,7-9,11H2,1-6H3/t14-,15-,16+/m1/s1. The first-order valence-electron chi connectivity index (χ1n) is 9.24. The highest BCUT2D eigenvalue weighted by Gasteiger charge is 2.47. The van der Waals surface area contributed by atoms with Crippen LogP contribution >= 0.6 is 0 Å². The zero-order valence-electron chi connectivity index (χ0n) is 16.2. The molecule has 3 heterocycles. The Balaban J connectivity index is 1.83. The molecule has 2 aliphatic heterocycles. The second-order valence-electron chi connectivity index (χ2n) is 8.39. The first-order valence-corrected chi connectivity index (χ1v) is 9.24. The van der Waals surface area contributed by atoms with Gasteiger partial charge >= 0.3 is 6.09 Å². The van der Waals surface area contributed by atoms with Gasteiger partial charge in [0.25, 0.3) is 0 Å². The number of likely N-dealkylation sites (tertiary alicyclic amines) is 1. The van der Waals surface area contributed by atoms with Crippen LogP contribution in [-0.4, -0.2) is 51.7 Å². The number of aromatic nitrogens is 2. The van der Waals surface area contributed by atoms with Crippen LogP contribution < -0.4 is 4.90 Å². The third-order valence-electron chi connectivity index (χ3n) is 5.18. The molecule has 3 rings (SSSR count). The Labute approximate surface area is 150 Å². The Kier molecular flexibility index (Phi) is 4.64. The van der Waals surface area contributed by atoms with Crippen LogP contribution in [0.2, 0.25) is 0 Å². The lowest BCUT2D eigenvalue weighted by atomic mass is 9.88. The molecule has 1 aromatic rings. The number of hydrogen-bond donors (Lipinski definition) is 0. The van der Waals surface area contributed by atoms with Crippen molar-refractivity contribution in [3.05, 3.63) is 17.5 Å². The van der Waals surface area contributed by atoms with Crippen LogP contribution in [0.15, 0.2) is 6.07 Å². The van der Waals surface area contributed by atoms with Gasteiger partial charge in [0, 0.05) is 36.4 Å². The quantitative estimate of drug-likeness (QED) is 0.781. The lowest BCUT2D eigenvalue weighted by molar-refractivity contribution is 0.0221. The molecule has 3 atom stereocenters. The Bertz CT molecular complexity index is 635. The summed E-state index contributed by atoms with van der Waals surface area (Å²) in [5.74, 6) is 1.23. The molecule has 6 nitrogen and oxygen atoms in total. The number of nitrogens with zero attached hydrogens (tertiary/aromatic N) is 4. The van der Waals surface area contributed by atoms with Crippen molar-refractivity contribution >= 4 is 12.0 Å². The van der Waals surface area contributed by atoms with Crippen molar-refractivity contribution in [2.75, 3.05) is 18.0 Å². The molecule has 6 heteroatoms. The fraction of sp³-hybridized carbons (Fsp3) is 0.737. The molecule has 25 heavy (non-hydrogen) atoms. The van der Waals surface area contributed by atoms with E-state index in [0.29, 0.717) is 12.5 Å². The number of hydrogen-bond acceptors (Lipinski definition) is 5. The maximum Gasteiger partial charge on any atom is 0.410 e. The van der Waals surface area contributed by atoms with Gasteiger partial charge in [0.1, 0.15) is 5.60 Å². The number of piperidine rings is 1. The summed E-state index contributed by atoms with van der Waals surface area (Å²) in [4.78, 5) is 26.1. The van der Waals surface area contributed by atoms with E-state index < -0.39 is 5.60 Å². The highest BCUT2D eigenvalue weighted by Crippen LogP contribution is 2.37. The van der Waals surface area contributed by atoms with Gasteiger partial charge in [0.15, 0.2) is 0 Å². The lowest BCUT2D eigenvalue weighted by Crippen LogP contribution is -2.47. The molecule has 2 saturated heterocycles. The molecule has 0 radical (unpaired) electrons. The fourth-order valence-electron chi connectivity index (χ4n) is 4.13. The minimum absolute atomic E-state index is 0.175. The van der Waals surface area contributed by atoms with Crippen LogP contribution in [0.1, 0.15) is 51.9 Å². The van der Waals surface area contributed by atoms with Crippen LogP contribution in [0.3, 0.4) is 0 Å². The van der Waals surface area contributed by atoms with Crippen molar-refractivity contribution in [3.63, 3.8) is 0 Å². The minimum Gasteiger partial charge on any atom is -0.444 e. The zero-order valence-corrected chi connectivity index (χ0v) is 16.2. The molecule has 138 valence electrons. The summed E-state index contributed by atoms with van der Waals surface area (Å²) in [5, 5.41) is 0. The van der Waals surface area contributed by atoms with Crippen LogP contribution in [0.4, 0.5) is 10.7 Å². The van der Waals surface area contributed by atoms with Crippen molar-refractivity contribution in [3.8, 4) is 0 Å². The number of ether oxygens (including phenoxy) is 1. The zero-order chi connectivity index (χ0) is 18.4. The predicted molar refractivity (Wildman–Crippen MR) is 97.8 cm³/mol. The summed E-state index contributed by atoms with van der Waals surface area (Å²) in [5.41, 5.74) is 1.50. The molecule has 0 bridgehead atoms. The van der Waals surface area contributed by atoms with Crippen LogP contribution in [0.5, 0.6) is 0 Å². The second-order valence-corrected chi connectivity index (χ2v) is 8.39. The van der Waals surface area contributed by atoms with E-state index in [9.17, 15) is 4.79 Å². The van der Waals surface area contributed by atoms with E-state index in [1.165, 1.54) is 0 Å². The smallest absolute Gasteiger partial charge is 0.410 e. The van der Waals surface area contributed by atoms with E-state index in [4.69, 9.17) is 4.74 Å². The summed E-state index contributed by atoms with van der Waals surface area (Å²) in [7, 11) is 0. The van der Waals surface area contributed by atoms with Gasteiger partial charge < -0.3 is 14.5 Å². The summed E-state index contributed by atoms with van der Waals surface area (Å²) in [6, 6.07) is 2.43. The molecule has 1 aromatic heterocycles. The first kappa shape index (κ1) is 18.0. The molecular formula is C19H30N4O2. The van der Waals surface area contributed by atoms with Gasteiger partial charge in [0.2, 0.25) is 5.95 Å². The van der Waals surface area contributed by atoms with E-state index in [2.05, 4.69) is 21.8 Å². The molecule has 0 aromatic carbocycles. The summed E-state index contributed by atoms with van der Waals surface area (Å²) in [6.45, 7) is 13.5. The van der Waals surface area contributed by atoms with E-state index in [-0.39, 0.29) is 18.2 Å². The predicted octanol–water partition coefficient (Wildman–Crippen LogP) is 3.32. The Morgan fingerprint density at radius 2 is 1.88 bits per heavy atom. The molecule has 0 saturated carbocycles. The number of fused-ring (bicyclic) bond motifs is 1. The van der Waals surface area contributed by atoms with Crippen molar-refractivity contribution < 1.29 is 9.53 Å². The Hall–Kier alpha value is -1.85. The van der Waals surface area contributed by atoms with Crippen LogP contribution in [-0.2, 0) is 4.74 Å². The van der Waals surface area contributed by atoms with Gasteiger partial charge in [-0.1, -0.05) is 0 Å². The van der Waals surface area contributed by atoms with Gasteiger partial charge in [-0.2, -0.15) is 0 Å². The summed E-state index contributed by atoms with van der Waals surface area (Å²) >= 11 is 0. The van der Waals surface area contributed by atoms with E-state index >= 15 is 0 Å². The average molecular weight is 346 g/mol. The van der Waals surface area contributed by atoms with Gasteiger partial charge in [0.05, 0.1) is 6.04 Å². The summed E-state index contributed by atoms with van der Waals surface area (Å²) < 4.78 is 5.61. The number of anilines is 1. The van der Waals surface area contributed by atoms with Crippen molar-refractivity contribution in [2.45, 2.75) is 72.1 Å². The Morgan fingerprint density at radius 3 is 2.48 bits per heavy atom. The molecule has 2 aliphatic rings. The van der Waals surface area contributed by atoms with E-state index in [1.54, 1.807) is 0 Å². The third kappa shape index (κ3) is 3.72. The third-order valence-corrected chi connectivity index (χ3v) is 5.18. The fourth-order valence-corrected chi connectivity index (χ4v) is 4.13. The van der Waals surface area contributed by atoms with E-state index in [1.807, 2.05) is 45.6 Å². The van der Waals surface area contributed by atoms with Crippen molar-refractivity contribution in [2.24, 2.45) is 5.92 Å². The van der Waals surface area contributed by atoms with Crippen LogP contribution in [0.25, 0.3) is 0 Å². The average Bonchev–Trinajstić information content (AvgIpc) is 2.82.